The molecule has 0 aliphatic heterocycles. The van der Waals surface area contributed by atoms with Crippen LogP contribution < -0.4 is 16.4 Å². The van der Waals surface area contributed by atoms with E-state index in [2.05, 4.69) is 10.6 Å². The molecule has 4 N–H and O–H groups in total. The van der Waals surface area contributed by atoms with Gasteiger partial charge in [0.2, 0.25) is 5.91 Å². The van der Waals surface area contributed by atoms with E-state index >= 15 is 0 Å². The Balaban J connectivity index is 2.18. The van der Waals surface area contributed by atoms with Gasteiger partial charge in [-0.1, -0.05) is 36.4 Å². The van der Waals surface area contributed by atoms with Gasteiger partial charge in [0, 0.05) is 4.88 Å². The molecule has 3 amide bonds. The van der Waals surface area contributed by atoms with Gasteiger partial charge in [0.05, 0.1) is 12.1 Å². The number of carbonyl (C=O) groups is 2. The first-order chi connectivity index (χ1) is 10.1. The molecule has 1 aromatic carbocycles. The molecule has 1 aromatic heterocycles. The summed E-state index contributed by atoms with van der Waals surface area (Å²) >= 11 is 1.61. The fourth-order valence-electron chi connectivity index (χ4n) is 2.00. The summed E-state index contributed by atoms with van der Waals surface area (Å²) in [6, 6.07) is 12.3. The summed E-state index contributed by atoms with van der Waals surface area (Å²) in [7, 11) is 0. The van der Waals surface area contributed by atoms with Crippen molar-refractivity contribution in [2.24, 2.45) is 5.73 Å². The smallest absolute Gasteiger partial charge is 0.318 e. The molecule has 1 heterocycles. The Labute approximate surface area is 127 Å². The molecule has 0 aliphatic rings. The van der Waals surface area contributed by atoms with Crippen molar-refractivity contribution in [3.05, 3.63) is 58.3 Å². The number of hydrogen-bond acceptors (Lipinski definition) is 4. The van der Waals surface area contributed by atoms with Crippen LogP contribution in [0.25, 0.3) is 0 Å². The van der Waals surface area contributed by atoms with Gasteiger partial charge in [-0.15, -0.1) is 11.3 Å². The molecule has 110 valence electrons. The first kappa shape index (κ1) is 15.2. The van der Waals surface area contributed by atoms with Crippen LogP contribution in [0, 0.1) is 0 Å². The van der Waals surface area contributed by atoms with Gasteiger partial charge in [-0.2, -0.15) is 0 Å². The molecule has 0 bridgehead atoms. The Morgan fingerprint density at radius 1 is 1.14 bits per heavy atom. The van der Waals surface area contributed by atoms with Crippen LogP contribution in [0.15, 0.2) is 47.8 Å². The van der Waals surface area contributed by atoms with E-state index in [0.717, 1.165) is 10.4 Å². The number of nitrogens with one attached hydrogen (secondary N) is 2. The number of thiophene rings is 1. The molecule has 0 unspecified atom stereocenters. The molecule has 6 heteroatoms. The number of imide groups is 1. The van der Waals surface area contributed by atoms with E-state index in [1.807, 2.05) is 47.8 Å². The highest BCUT2D eigenvalue weighted by atomic mass is 32.1. The third kappa shape index (κ3) is 4.14. The van der Waals surface area contributed by atoms with Gasteiger partial charge in [-0.3, -0.25) is 15.4 Å². The molecule has 0 aliphatic carbocycles. The topological polar surface area (TPSA) is 84.2 Å². The zero-order valence-electron chi connectivity index (χ0n) is 11.6. The van der Waals surface area contributed by atoms with Gasteiger partial charge in [-0.05, 0) is 23.9 Å². The van der Waals surface area contributed by atoms with Crippen molar-refractivity contribution in [2.75, 3.05) is 0 Å². The van der Waals surface area contributed by atoms with Crippen molar-refractivity contribution in [1.82, 2.24) is 10.6 Å². The molecule has 2 rings (SSSR count). The van der Waals surface area contributed by atoms with Crippen molar-refractivity contribution in [2.45, 2.75) is 19.0 Å². The van der Waals surface area contributed by atoms with Gasteiger partial charge < -0.3 is 5.73 Å². The minimum atomic E-state index is -0.846. The maximum Gasteiger partial charge on any atom is 0.318 e. The van der Waals surface area contributed by atoms with Crippen LogP contribution in [0.4, 0.5) is 4.79 Å². The van der Waals surface area contributed by atoms with E-state index in [1.54, 1.807) is 18.3 Å². The molecule has 0 radical (unpaired) electrons. The van der Waals surface area contributed by atoms with Gasteiger partial charge in [0.1, 0.15) is 0 Å². The number of amides is 3. The first-order valence-corrected chi connectivity index (χ1v) is 7.40. The second-order valence-corrected chi connectivity index (χ2v) is 5.58. The second-order valence-electron chi connectivity index (χ2n) is 4.60. The average Bonchev–Trinajstić information content (AvgIpc) is 2.98. The fraction of sp³-hybridized carbons (Fsp3) is 0.200. The van der Waals surface area contributed by atoms with Crippen molar-refractivity contribution in [3.8, 4) is 0 Å². The maximum absolute atomic E-state index is 11.8. The standard InChI is InChI=1S/C15H17N3O2S/c1-10(14(19)18-15(16)20)17-13(12-8-5-9-21-12)11-6-3-2-4-7-11/h2-10,13,17H,1H3,(H3,16,18,19,20)/t10-,13+/m1/s1. The Morgan fingerprint density at radius 3 is 2.43 bits per heavy atom. The monoisotopic (exact) mass is 303 g/mol. The Bertz CT molecular complexity index is 599. The number of benzene rings is 1. The zero-order valence-corrected chi connectivity index (χ0v) is 12.4. The maximum atomic E-state index is 11.8. The van der Waals surface area contributed by atoms with Crippen molar-refractivity contribution >= 4 is 23.3 Å². The lowest BCUT2D eigenvalue weighted by Crippen LogP contribution is -2.47. The average molecular weight is 303 g/mol. The number of hydrogen-bond donors (Lipinski definition) is 3. The van der Waals surface area contributed by atoms with Gasteiger partial charge in [0.25, 0.3) is 0 Å². The van der Waals surface area contributed by atoms with E-state index in [-0.39, 0.29) is 6.04 Å². The third-order valence-electron chi connectivity index (χ3n) is 3.02. The largest absolute Gasteiger partial charge is 0.351 e. The van der Waals surface area contributed by atoms with E-state index in [9.17, 15) is 9.59 Å². The summed E-state index contributed by atoms with van der Waals surface area (Å²) in [6.07, 6.45) is 0. The molecule has 0 saturated heterocycles. The van der Waals surface area contributed by atoms with E-state index in [0.29, 0.717) is 0 Å². The first-order valence-electron chi connectivity index (χ1n) is 6.52. The third-order valence-corrected chi connectivity index (χ3v) is 3.95. The summed E-state index contributed by atoms with van der Waals surface area (Å²) < 4.78 is 0. The molecule has 2 aromatic rings. The molecule has 2 atom stereocenters. The van der Waals surface area contributed by atoms with Crippen LogP contribution in [0.2, 0.25) is 0 Å². The van der Waals surface area contributed by atoms with Crippen LogP contribution in [-0.4, -0.2) is 18.0 Å². The highest BCUT2D eigenvalue weighted by Crippen LogP contribution is 2.26. The van der Waals surface area contributed by atoms with Crippen LogP contribution in [0.1, 0.15) is 23.4 Å². The van der Waals surface area contributed by atoms with Gasteiger partial charge >= 0.3 is 6.03 Å². The number of nitrogens with two attached hydrogens (primary N) is 1. The summed E-state index contributed by atoms with van der Waals surface area (Å²) in [5, 5.41) is 7.30. The van der Waals surface area contributed by atoms with Crippen molar-refractivity contribution in [1.29, 1.82) is 0 Å². The highest BCUT2D eigenvalue weighted by molar-refractivity contribution is 7.10. The minimum Gasteiger partial charge on any atom is -0.351 e. The number of urea groups is 1. The lowest BCUT2D eigenvalue weighted by molar-refractivity contribution is -0.121. The highest BCUT2D eigenvalue weighted by Gasteiger charge is 2.21. The predicted octanol–water partition coefficient (Wildman–Crippen LogP) is 2.01. The summed E-state index contributed by atoms with van der Waals surface area (Å²) in [5.41, 5.74) is 6.03. The molecular formula is C15H17N3O2S. The molecule has 0 spiro atoms. The van der Waals surface area contributed by atoms with Crippen molar-refractivity contribution in [3.63, 3.8) is 0 Å². The normalized spacial score (nSPS) is 13.4. The number of carbonyl (C=O) groups excluding carboxylic acids is 2. The Morgan fingerprint density at radius 2 is 1.86 bits per heavy atom. The minimum absolute atomic E-state index is 0.111. The summed E-state index contributed by atoms with van der Waals surface area (Å²) in [4.78, 5) is 23.7. The second kappa shape index (κ2) is 7.01. The number of rotatable bonds is 5. The summed E-state index contributed by atoms with van der Waals surface area (Å²) in [5.74, 6) is -0.444. The molecule has 0 fully saturated rings. The Hall–Kier alpha value is -2.18. The van der Waals surface area contributed by atoms with Crippen LogP contribution in [0.5, 0.6) is 0 Å². The predicted molar refractivity (Wildman–Crippen MR) is 82.9 cm³/mol. The Kier molecular flexibility index (Phi) is 5.08. The van der Waals surface area contributed by atoms with E-state index in [4.69, 9.17) is 5.73 Å². The molecular weight excluding hydrogens is 286 g/mol. The van der Waals surface area contributed by atoms with Gasteiger partial charge in [-0.25, -0.2) is 4.79 Å². The lowest BCUT2D eigenvalue weighted by Gasteiger charge is -2.22. The van der Waals surface area contributed by atoms with Crippen molar-refractivity contribution < 1.29 is 9.59 Å². The van der Waals surface area contributed by atoms with Crippen LogP contribution in [-0.2, 0) is 4.79 Å². The SMILES string of the molecule is C[C@@H](N[C@@H](c1ccccc1)c1cccs1)C(=O)NC(N)=O. The van der Waals surface area contributed by atoms with Gasteiger partial charge in [0.15, 0.2) is 0 Å². The lowest BCUT2D eigenvalue weighted by atomic mass is 10.0. The quantitative estimate of drug-likeness (QED) is 0.790. The molecule has 21 heavy (non-hydrogen) atoms. The van der Waals surface area contributed by atoms with E-state index in [1.165, 1.54) is 0 Å². The fourth-order valence-corrected chi connectivity index (χ4v) is 2.81. The van der Waals surface area contributed by atoms with E-state index < -0.39 is 18.0 Å². The van der Waals surface area contributed by atoms with Crippen LogP contribution >= 0.6 is 11.3 Å². The zero-order chi connectivity index (χ0) is 15.2. The molecule has 5 nitrogen and oxygen atoms in total. The van der Waals surface area contributed by atoms with Crippen LogP contribution in [0.3, 0.4) is 0 Å². The summed E-state index contributed by atoms with van der Waals surface area (Å²) in [6.45, 7) is 1.70. The number of primary amides is 1. The molecule has 0 saturated carbocycles.